The highest BCUT2D eigenvalue weighted by molar-refractivity contribution is 5.88. The highest BCUT2D eigenvalue weighted by Crippen LogP contribution is 2.36. The summed E-state index contributed by atoms with van der Waals surface area (Å²) in [5.74, 6) is 1.77. The Morgan fingerprint density at radius 2 is 1.72 bits per heavy atom. The van der Waals surface area contributed by atoms with Gasteiger partial charge in [-0.05, 0) is 24.1 Å². The lowest BCUT2D eigenvalue weighted by molar-refractivity contribution is 0.233. The van der Waals surface area contributed by atoms with Crippen LogP contribution in [0.4, 0.5) is 0 Å². The van der Waals surface area contributed by atoms with Gasteiger partial charge in [-0.3, -0.25) is 0 Å². The van der Waals surface area contributed by atoms with Crippen molar-refractivity contribution in [3.63, 3.8) is 0 Å². The van der Waals surface area contributed by atoms with Crippen LogP contribution in [0, 0.1) is 0 Å². The van der Waals surface area contributed by atoms with E-state index in [9.17, 15) is 0 Å². The Kier molecular flexibility index (Phi) is 6.02. The van der Waals surface area contributed by atoms with Crippen LogP contribution in [0.1, 0.15) is 17.5 Å². The van der Waals surface area contributed by atoms with Crippen molar-refractivity contribution < 1.29 is 9.47 Å². The van der Waals surface area contributed by atoms with Gasteiger partial charge >= 0.3 is 0 Å². The summed E-state index contributed by atoms with van der Waals surface area (Å²) < 4.78 is 11.1. The molecule has 126 valence electrons. The Hall–Kier alpha value is -2.84. The van der Waals surface area contributed by atoms with Gasteiger partial charge in [-0.1, -0.05) is 78.9 Å². The minimum atomic E-state index is 0.656. The van der Waals surface area contributed by atoms with E-state index in [2.05, 4.69) is 48.6 Å². The number of methoxy groups -OCH3 is 1. The molecule has 0 radical (unpaired) electrons. The average Bonchev–Trinajstić information content (AvgIpc) is 2.67. The lowest BCUT2D eigenvalue weighted by Crippen LogP contribution is -2.03. The third-order valence-electron chi connectivity index (χ3n) is 3.88. The van der Waals surface area contributed by atoms with Crippen LogP contribution in [0.25, 0.3) is 11.3 Å². The van der Waals surface area contributed by atoms with Crippen molar-refractivity contribution in [1.29, 1.82) is 0 Å². The molecule has 0 atom stereocenters. The second-order valence-electron chi connectivity index (χ2n) is 5.69. The van der Waals surface area contributed by atoms with Crippen molar-refractivity contribution >= 4 is 11.3 Å². The van der Waals surface area contributed by atoms with Gasteiger partial charge in [-0.2, -0.15) is 0 Å². The first-order chi connectivity index (χ1) is 12.4. The Morgan fingerprint density at radius 1 is 0.920 bits per heavy atom. The number of para-hydroxylation sites is 1. The van der Waals surface area contributed by atoms with Gasteiger partial charge in [0.05, 0.1) is 6.61 Å². The topological polar surface area (TPSA) is 18.5 Å². The molecule has 0 N–H and O–H groups in total. The Balaban J connectivity index is 1.83. The Labute approximate surface area is 149 Å². The van der Waals surface area contributed by atoms with E-state index in [1.165, 1.54) is 0 Å². The molecule has 1 aliphatic rings. The molecule has 2 heteroatoms. The number of ether oxygens (including phenoxy) is 2. The fraction of sp³-hybridized carbons (Fsp3) is 0.130. The zero-order chi connectivity index (χ0) is 17.3. The summed E-state index contributed by atoms with van der Waals surface area (Å²) in [6, 6.07) is 18.3. The first kappa shape index (κ1) is 17.0. The molecular weight excluding hydrogens is 308 g/mol. The summed E-state index contributed by atoms with van der Waals surface area (Å²) in [5.41, 5.74) is 3.34. The summed E-state index contributed by atoms with van der Waals surface area (Å²) in [6.45, 7) is 0.656. The summed E-state index contributed by atoms with van der Waals surface area (Å²) in [5, 5.41) is 0. The Bertz CT molecular complexity index is 811. The maximum atomic E-state index is 6.09. The zero-order valence-corrected chi connectivity index (χ0v) is 14.4. The van der Waals surface area contributed by atoms with E-state index in [-0.39, 0.29) is 0 Å². The smallest absolute Gasteiger partial charge is 0.135 e. The third-order valence-corrected chi connectivity index (χ3v) is 3.88. The number of benzene rings is 2. The minimum Gasteiger partial charge on any atom is -0.456 e. The number of allylic oxidation sites excluding steroid dienone is 6. The van der Waals surface area contributed by atoms with Crippen molar-refractivity contribution in [2.75, 3.05) is 13.7 Å². The van der Waals surface area contributed by atoms with E-state index < -0.39 is 0 Å². The van der Waals surface area contributed by atoms with Crippen LogP contribution in [0.2, 0.25) is 0 Å². The van der Waals surface area contributed by atoms with Crippen LogP contribution in [-0.2, 0) is 4.74 Å². The maximum Gasteiger partial charge on any atom is 0.135 e. The number of hydrogen-bond donors (Lipinski definition) is 0. The van der Waals surface area contributed by atoms with E-state index in [1.807, 2.05) is 42.5 Å². The highest BCUT2D eigenvalue weighted by atomic mass is 16.5. The quantitative estimate of drug-likeness (QED) is 0.637. The fourth-order valence-electron chi connectivity index (χ4n) is 2.63. The predicted molar refractivity (Wildman–Crippen MR) is 104 cm³/mol. The second-order valence-corrected chi connectivity index (χ2v) is 5.69. The molecule has 0 aromatic heterocycles. The molecule has 0 spiro atoms. The second kappa shape index (κ2) is 8.86. The molecule has 0 unspecified atom stereocenters. The molecule has 0 fully saturated rings. The molecule has 0 saturated heterocycles. The Morgan fingerprint density at radius 3 is 2.56 bits per heavy atom. The standard InChI is InChI=1S/C23H22O2/c1-24-17-11-4-2-3-6-14-20-18-23(19-12-7-5-8-13-19)25-22-16-10-9-15-21(20)22/h3-16,18H,2,17H2,1H3/b6-3+,11-4+,20-14-. The number of hydrogen-bond acceptors (Lipinski definition) is 2. The first-order valence-corrected chi connectivity index (χ1v) is 8.43. The van der Waals surface area contributed by atoms with Gasteiger partial charge in [0.1, 0.15) is 11.5 Å². The van der Waals surface area contributed by atoms with Gasteiger partial charge in [0.15, 0.2) is 0 Å². The molecule has 0 bridgehead atoms. The molecule has 3 rings (SSSR count). The van der Waals surface area contributed by atoms with Crippen molar-refractivity contribution in [3.8, 4) is 5.75 Å². The first-order valence-electron chi connectivity index (χ1n) is 8.43. The van der Waals surface area contributed by atoms with Crippen LogP contribution in [0.3, 0.4) is 0 Å². The summed E-state index contributed by atoms with van der Waals surface area (Å²) in [4.78, 5) is 0. The normalized spacial score (nSPS) is 15.4. The van der Waals surface area contributed by atoms with Crippen molar-refractivity contribution in [1.82, 2.24) is 0 Å². The molecular formula is C23H22O2. The lowest BCUT2D eigenvalue weighted by Gasteiger charge is -2.20. The van der Waals surface area contributed by atoms with Gasteiger partial charge in [0, 0.05) is 18.2 Å². The van der Waals surface area contributed by atoms with Gasteiger partial charge in [0.2, 0.25) is 0 Å². The average molecular weight is 330 g/mol. The van der Waals surface area contributed by atoms with Crippen LogP contribution < -0.4 is 4.74 Å². The van der Waals surface area contributed by atoms with E-state index in [1.54, 1.807) is 7.11 Å². The summed E-state index contributed by atoms with van der Waals surface area (Å²) in [6.07, 6.45) is 13.5. The van der Waals surface area contributed by atoms with Crippen molar-refractivity contribution in [2.45, 2.75) is 6.42 Å². The van der Waals surface area contributed by atoms with Crippen molar-refractivity contribution in [3.05, 3.63) is 102 Å². The molecule has 2 aromatic rings. The van der Waals surface area contributed by atoms with Gasteiger partial charge < -0.3 is 9.47 Å². The van der Waals surface area contributed by atoms with Gasteiger partial charge in [-0.25, -0.2) is 0 Å². The van der Waals surface area contributed by atoms with Crippen LogP contribution in [0.15, 0.2) is 91.1 Å². The molecule has 1 aliphatic heterocycles. The molecule has 0 amide bonds. The largest absolute Gasteiger partial charge is 0.456 e. The van der Waals surface area contributed by atoms with Gasteiger partial charge in [-0.15, -0.1) is 0 Å². The van der Waals surface area contributed by atoms with Crippen LogP contribution >= 0.6 is 0 Å². The molecule has 25 heavy (non-hydrogen) atoms. The summed E-state index contributed by atoms with van der Waals surface area (Å²) >= 11 is 0. The highest BCUT2D eigenvalue weighted by Gasteiger charge is 2.16. The molecule has 2 nitrogen and oxygen atoms in total. The predicted octanol–water partition coefficient (Wildman–Crippen LogP) is 5.65. The number of rotatable bonds is 6. The van der Waals surface area contributed by atoms with E-state index in [0.717, 1.165) is 34.6 Å². The van der Waals surface area contributed by atoms with E-state index >= 15 is 0 Å². The number of fused-ring (bicyclic) bond motifs is 1. The fourth-order valence-corrected chi connectivity index (χ4v) is 2.63. The van der Waals surface area contributed by atoms with Crippen LogP contribution in [0.5, 0.6) is 5.75 Å². The van der Waals surface area contributed by atoms with E-state index in [4.69, 9.17) is 9.47 Å². The third kappa shape index (κ3) is 4.59. The monoisotopic (exact) mass is 330 g/mol. The van der Waals surface area contributed by atoms with Crippen LogP contribution in [-0.4, -0.2) is 13.7 Å². The SMILES string of the molecule is COC/C=C/C/C=C/C=C1/C=C(c2ccccc2)Oc2ccccc21. The maximum absolute atomic E-state index is 6.09. The zero-order valence-electron chi connectivity index (χ0n) is 14.4. The van der Waals surface area contributed by atoms with E-state index in [0.29, 0.717) is 6.61 Å². The van der Waals surface area contributed by atoms with Gasteiger partial charge in [0.25, 0.3) is 0 Å². The molecule has 2 aromatic carbocycles. The summed E-state index contributed by atoms with van der Waals surface area (Å²) in [7, 11) is 1.70. The molecule has 1 heterocycles. The van der Waals surface area contributed by atoms with Crippen molar-refractivity contribution in [2.24, 2.45) is 0 Å². The molecule has 0 aliphatic carbocycles. The lowest BCUT2D eigenvalue weighted by atomic mass is 9.99. The molecule has 0 saturated carbocycles. The minimum absolute atomic E-state index is 0.656.